The normalized spacial score (nSPS) is 25.2. The summed E-state index contributed by atoms with van der Waals surface area (Å²) in [6.45, 7) is 2.34. The summed E-state index contributed by atoms with van der Waals surface area (Å²) in [6.07, 6.45) is 3.60. The molecule has 0 bridgehead atoms. The lowest BCUT2D eigenvalue weighted by molar-refractivity contribution is -0.928. The van der Waals surface area contributed by atoms with Crippen LogP contribution in [0, 0.1) is 0 Å². The van der Waals surface area contributed by atoms with Crippen molar-refractivity contribution in [1.29, 1.82) is 0 Å². The molecule has 1 aliphatic rings. The van der Waals surface area contributed by atoms with E-state index in [9.17, 15) is 8.76 Å². The van der Waals surface area contributed by atoms with Gasteiger partial charge < -0.3 is 9.04 Å². The first kappa shape index (κ1) is 10.1. The Morgan fingerprint density at radius 1 is 1.42 bits per heavy atom. The predicted octanol–water partition coefficient (Wildman–Crippen LogP) is 0.385. The molecular weight excluding hydrogens is 178 g/mol. The smallest absolute Gasteiger partial charge is 0.197 e. The molecule has 1 rings (SSSR count). The first-order chi connectivity index (χ1) is 5.62. The van der Waals surface area contributed by atoms with E-state index in [0.29, 0.717) is 0 Å². The number of nitrogens with zero attached hydrogens (tertiary/aromatic N) is 1. The minimum atomic E-state index is -2.36. The van der Waals surface area contributed by atoms with Crippen LogP contribution in [-0.2, 0) is 15.5 Å². The first-order valence-electron chi connectivity index (χ1n) is 4.18. The second-order valence-corrected chi connectivity index (χ2v) is 4.22. The Labute approximate surface area is 75.6 Å². The van der Waals surface area contributed by atoms with E-state index in [1.807, 2.05) is 7.05 Å². The van der Waals surface area contributed by atoms with Crippen LogP contribution in [0.25, 0.3) is 0 Å². The molecule has 1 unspecified atom stereocenters. The molecular formula is C7H15NO3S. The van der Waals surface area contributed by atoms with Gasteiger partial charge in [-0.2, -0.15) is 0 Å². The highest BCUT2D eigenvalue weighted by Crippen LogP contribution is 2.15. The van der Waals surface area contributed by atoms with Gasteiger partial charge in [-0.25, -0.2) is 8.39 Å². The molecule has 0 N–H and O–H groups in total. The topological polar surface area (TPSA) is 49.4 Å². The molecule has 0 aromatic rings. The Kier molecular flexibility index (Phi) is 3.64. The fourth-order valence-electron chi connectivity index (χ4n) is 1.58. The van der Waals surface area contributed by atoms with Crippen LogP contribution < -0.4 is 0 Å². The van der Waals surface area contributed by atoms with E-state index in [1.54, 1.807) is 0 Å². The van der Waals surface area contributed by atoms with E-state index in [2.05, 4.69) is 4.18 Å². The van der Waals surface area contributed by atoms with Crippen LogP contribution in [0.5, 0.6) is 0 Å². The minimum absolute atomic E-state index is 0.288. The van der Waals surface area contributed by atoms with Crippen molar-refractivity contribution in [2.45, 2.75) is 19.3 Å². The molecule has 1 aliphatic heterocycles. The third-order valence-electron chi connectivity index (χ3n) is 2.36. The van der Waals surface area contributed by atoms with Gasteiger partial charge in [0.05, 0.1) is 31.5 Å². The van der Waals surface area contributed by atoms with Crippen LogP contribution in [0.2, 0.25) is 0 Å². The molecule has 1 fully saturated rings. The Morgan fingerprint density at radius 2 is 2.00 bits per heavy atom. The summed E-state index contributed by atoms with van der Waals surface area (Å²) in [6, 6.07) is 0. The van der Waals surface area contributed by atoms with Crippen molar-refractivity contribution < 1.29 is 17.4 Å². The van der Waals surface area contributed by atoms with E-state index in [-0.39, 0.29) is 6.73 Å². The molecule has 0 aromatic heterocycles. The van der Waals surface area contributed by atoms with E-state index in [0.717, 1.165) is 17.6 Å². The highest BCUT2D eigenvalue weighted by Gasteiger charge is 2.24. The molecule has 0 aliphatic carbocycles. The number of piperidine rings is 1. The third-order valence-corrected chi connectivity index (χ3v) is 2.65. The van der Waals surface area contributed by atoms with Crippen LogP contribution in [-0.4, -0.2) is 40.1 Å². The van der Waals surface area contributed by atoms with Crippen LogP contribution in [0.1, 0.15) is 19.3 Å². The summed E-state index contributed by atoms with van der Waals surface area (Å²) >= 11 is -2.36. The molecule has 72 valence electrons. The van der Waals surface area contributed by atoms with Gasteiger partial charge in [0.25, 0.3) is 0 Å². The average molecular weight is 193 g/mol. The maximum Gasteiger partial charge on any atom is 0.197 e. The van der Waals surface area contributed by atoms with Crippen molar-refractivity contribution in [3.8, 4) is 0 Å². The molecule has 0 saturated carbocycles. The lowest BCUT2D eigenvalue weighted by Crippen LogP contribution is -2.49. The fraction of sp³-hybridized carbons (Fsp3) is 1.00. The molecule has 0 aromatic carbocycles. The fourth-order valence-corrected chi connectivity index (χ4v) is 1.92. The zero-order chi connectivity index (χ0) is 9.03. The predicted molar refractivity (Wildman–Crippen MR) is 44.6 cm³/mol. The molecule has 5 heteroatoms. The van der Waals surface area contributed by atoms with E-state index in [1.165, 1.54) is 19.3 Å². The number of likely N-dealkylation sites (tertiary alicyclic amines) is 1. The number of rotatable bonds is 3. The van der Waals surface area contributed by atoms with E-state index in [4.69, 9.17) is 0 Å². The second-order valence-electron chi connectivity index (χ2n) is 3.58. The van der Waals surface area contributed by atoms with E-state index >= 15 is 0 Å². The summed E-state index contributed by atoms with van der Waals surface area (Å²) in [5.74, 6) is 0. The number of quaternary nitrogens is 1. The van der Waals surface area contributed by atoms with Gasteiger partial charge in [-0.3, -0.25) is 0 Å². The summed E-state index contributed by atoms with van der Waals surface area (Å²) in [5, 5.41) is 0. The summed E-state index contributed by atoms with van der Waals surface area (Å²) in [4.78, 5) is 0. The molecule has 0 amide bonds. The Hall–Kier alpha value is 0.0300. The number of hydrogen-bond donors (Lipinski definition) is 0. The first-order valence-corrected chi connectivity index (χ1v) is 5.18. The van der Waals surface area contributed by atoms with Crippen LogP contribution in [0.4, 0.5) is 0 Å². The van der Waals surface area contributed by atoms with Gasteiger partial charge in [-0.05, 0) is 19.3 Å². The van der Waals surface area contributed by atoms with Gasteiger partial charge >= 0.3 is 0 Å². The third kappa shape index (κ3) is 3.18. The molecule has 12 heavy (non-hydrogen) atoms. The molecule has 4 nitrogen and oxygen atoms in total. The average Bonchev–Trinajstić information content (AvgIpc) is 2.03. The van der Waals surface area contributed by atoms with Gasteiger partial charge in [0.2, 0.25) is 0 Å². The molecule has 1 atom stereocenters. The molecule has 1 saturated heterocycles. The summed E-state index contributed by atoms with van der Waals surface area (Å²) < 4.78 is 25.6. The van der Waals surface area contributed by atoms with Crippen LogP contribution >= 0.6 is 0 Å². The van der Waals surface area contributed by atoms with Gasteiger partial charge in [0, 0.05) is 0 Å². The minimum Gasteiger partial charge on any atom is -0.750 e. The SMILES string of the molecule is C[N+]1(COS(=O)[O-])CCCCC1. The van der Waals surface area contributed by atoms with Crippen LogP contribution in [0.15, 0.2) is 0 Å². The van der Waals surface area contributed by atoms with Crippen molar-refractivity contribution in [3.05, 3.63) is 0 Å². The highest BCUT2D eigenvalue weighted by molar-refractivity contribution is 7.74. The zero-order valence-corrected chi connectivity index (χ0v) is 8.14. The van der Waals surface area contributed by atoms with Crippen LogP contribution in [0.3, 0.4) is 0 Å². The molecule has 0 radical (unpaired) electrons. The lowest BCUT2D eigenvalue weighted by Gasteiger charge is -2.36. The zero-order valence-electron chi connectivity index (χ0n) is 7.32. The van der Waals surface area contributed by atoms with Crippen molar-refractivity contribution >= 4 is 11.4 Å². The maximum absolute atomic E-state index is 10.2. The quantitative estimate of drug-likeness (QED) is 0.481. The van der Waals surface area contributed by atoms with Crippen molar-refractivity contribution in [3.63, 3.8) is 0 Å². The van der Waals surface area contributed by atoms with Gasteiger partial charge in [-0.1, -0.05) is 0 Å². The largest absolute Gasteiger partial charge is 0.750 e. The highest BCUT2D eigenvalue weighted by atomic mass is 32.2. The Bertz CT molecular complexity index is 168. The summed E-state index contributed by atoms with van der Waals surface area (Å²) in [7, 11) is 2.03. The van der Waals surface area contributed by atoms with Crippen molar-refractivity contribution in [2.75, 3.05) is 26.9 Å². The van der Waals surface area contributed by atoms with Gasteiger partial charge in [-0.15, -0.1) is 0 Å². The molecule has 1 heterocycles. The number of hydrogen-bond acceptors (Lipinski definition) is 3. The summed E-state index contributed by atoms with van der Waals surface area (Å²) in [5.41, 5.74) is 0. The Morgan fingerprint density at radius 3 is 2.50 bits per heavy atom. The van der Waals surface area contributed by atoms with Crippen molar-refractivity contribution in [2.24, 2.45) is 0 Å². The van der Waals surface area contributed by atoms with E-state index < -0.39 is 11.4 Å². The molecule has 0 spiro atoms. The monoisotopic (exact) mass is 193 g/mol. The van der Waals surface area contributed by atoms with Gasteiger partial charge in [0.1, 0.15) is 0 Å². The van der Waals surface area contributed by atoms with Crippen molar-refractivity contribution in [1.82, 2.24) is 0 Å². The standard InChI is InChI=1S/C7H15NO3S/c1-8(7-11-12(9)10)5-3-2-4-6-8/h2-7H2,1H3. The second kappa shape index (κ2) is 4.32. The lowest BCUT2D eigenvalue weighted by atomic mass is 10.1. The maximum atomic E-state index is 10.2. The Balaban J connectivity index is 2.31. The van der Waals surface area contributed by atoms with Gasteiger partial charge in [0.15, 0.2) is 6.73 Å².